The topological polar surface area (TPSA) is 26.3 Å². The molecule has 0 aliphatic carbocycles. The van der Waals surface area contributed by atoms with Crippen molar-refractivity contribution in [2.75, 3.05) is 13.3 Å². The van der Waals surface area contributed by atoms with E-state index in [1.54, 1.807) is 0 Å². The summed E-state index contributed by atoms with van der Waals surface area (Å²) in [4.78, 5) is 10.6. The van der Waals surface area contributed by atoms with Crippen LogP contribution in [0.25, 0.3) is 0 Å². The van der Waals surface area contributed by atoms with Crippen LogP contribution < -0.4 is 4.74 Å². The van der Waals surface area contributed by atoms with Gasteiger partial charge in [0.05, 0.1) is 10.6 Å². The lowest BCUT2D eigenvalue weighted by Gasteiger charge is -2.08. The number of carbonyl (C=O) groups excluding carboxylic acids is 1. The van der Waals surface area contributed by atoms with Crippen molar-refractivity contribution in [2.24, 2.45) is 0 Å². The van der Waals surface area contributed by atoms with Crippen LogP contribution in [-0.4, -0.2) is 19.6 Å². The number of hydrogen-bond acceptors (Lipinski definition) is 2. The first-order valence-corrected chi connectivity index (χ1v) is 4.57. The van der Waals surface area contributed by atoms with E-state index in [-0.39, 0.29) is 22.9 Å². The zero-order chi connectivity index (χ0) is 10.6. The Bertz CT molecular complexity index is 342. The molecular weight excluding hydrogens is 230 g/mol. The van der Waals surface area contributed by atoms with E-state index in [4.69, 9.17) is 27.9 Å². The molecule has 0 aromatic heterocycles. The van der Waals surface area contributed by atoms with Gasteiger partial charge in [-0.05, 0) is 12.1 Å². The largest absolute Gasteiger partial charge is 0.489 e. The molecule has 0 amide bonds. The fraction of sp³-hybridized carbons (Fsp3) is 0.222. The van der Waals surface area contributed by atoms with Gasteiger partial charge in [-0.3, -0.25) is 4.79 Å². The molecule has 0 unspecified atom stereocenters. The first-order chi connectivity index (χ1) is 6.69. The molecule has 1 rings (SSSR count). The van der Waals surface area contributed by atoms with Gasteiger partial charge in [-0.1, -0.05) is 23.2 Å². The van der Waals surface area contributed by atoms with Crippen LogP contribution in [0.2, 0.25) is 10.0 Å². The first kappa shape index (κ1) is 11.3. The quantitative estimate of drug-likeness (QED) is 0.752. The number of benzene rings is 1. The Hall–Kier alpha value is -0.800. The van der Waals surface area contributed by atoms with Gasteiger partial charge >= 0.3 is 0 Å². The predicted molar refractivity (Wildman–Crippen MR) is 53.3 cm³/mol. The maximum atomic E-state index is 11.8. The van der Waals surface area contributed by atoms with Crippen LogP contribution in [0.4, 0.5) is 4.39 Å². The molecule has 0 bridgehead atoms. The minimum atomic E-state index is -0.642. The van der Waals surface area contributed by atoms with E-state index in [1.807, 2.05) is 0 Å². The van der Waals surface area contributed by atoms with E-state index in [1.165, 1.54) is 12.1 Å². The van der Waals surface area contributed by atoms with Gasteiger partial charge in [0.1, 0.15) is 19.0 Å². The smallest absolute Gasteiger partial charge is 0.153 e. The molecule has 14 heavy (non-hydrogen) atoms. The van der Waals surface area contributed by atoms with Crippen molar-refractivity contribution in [3.63, 3.8) is 0 Å². The average Bonchev–Trinajstić information content (AvgIpc) is 2.15. The zero-order valence-electron chi connectivity index (χ0n) is 7.10. The van der Waals surface area contributed by atoms with E-state index >= 15 is 0 Å². The van der Waals surface area contributed by atoms with Gasteiger partial charge in [-0.15, -0.1) is 0 Å². The molecule has 5 heteroatoms. The van der Waals surface area contributed by atoms with Crippen LogP contribution in [-0.2, 0) is 0 Å². The van der Waals surface area contributed by atoms with Crippen molar-refractivity contribution in [1.82, 2.24) is 0 Å². The third-order valence-electron chi connectivity index (χ3n) is 1.49. The van der Waals surface area contributed by atoms with E-state index in [0.717, 1.165) is 0 Å². The summed E-state index contributed by atoms with van der Waals surface area (Å²) in [6.07, 6.45) is 0.561. The summed E-state index contributed by atoms with van der Waals surface area (Å²) in [5.41, 5.74) is 0.218. The highest BCUT2D eigenvalue weighted by molar-refractivity contribution is 6.36. The molecule has 76 valence electrons. The third kappa shape index (κ3) is 2.59. The van der Waals surface area contributed by atoms with Crippen molar-refractivity contribution in [1.29, 1.82) is 0 Å². The summed E-state index contributed by atoms with van der Waals surface area (Å²) in [5, 5.41) is 0.540. The van der Waals surface area contributed by atoms with Crippen LogP contribution in [0.1, 0.15) is 10.4 Å². The summed E-state index contributed by atoms with van der Waals surface area (Å²) >= 11 is 11.4. The summed E-state index contributed by atoms with van der Waals surface area (Å²) in [6, 6.07) is 2.84. The van der Waals surface area contributed by atoms with Gasteiger partial charge in [0, 0.05) is 5.02 Å². The molecule has 0 aliphatic rings. The number of hydrogen-bond donors (Lipinski definition) is 0. The molecule has 0 N–H and O–H groups in total. The average molecular weight is 237 g/mol. The minimum absolute atomic E-state index is 0.137. The van der Waals surface area contributed by atoms with Gasteiger partial charge in [0.2, 0.25) is 0 Å². The Morgan fingerprint density at radius 3 is 2.71 bits per heavy atom. The van der Waals surface area contributed by atoms with E-state index < -0.39 is 6.67 Å². The van der Waals surface area contributed by atoms with Gasteiger partial charge in [-0.2, -0.15) is 0 Å². The lowest BCUT2D eigenvalue weighted by atomic mass is 10.2. The van der Waals surface area contributed by atoms with Gasteiger partial charge in [-0.25, -0.2) is 4.39 Å². The molecule has 0 aliphatic heterocycles. The Morgan fingerprint density at radius 2 is 2.14 bits per heavy atom. The number of ether oxygens (including phenoxy) is 1. The molecular formula is C9H7Cl2FO2. The van der Waals surface area contributed by atoms with Crippen LogP contribution in [0.5, 0.6) is 5.75 Å². The van der Waals surface area contributed by atoms with E-state index in [0.29, 0.717) is 11.3 Å². The third-order valence-corrected chi connectivity index (χ3v) is 1.99. The fourth-order valence-corrected chi connectivity index (χ4v) is 1.52. The second-order valence-corrected chi connectivity index (χ2v) is 3.30. The second kappa shape index (κ2) is 5.17. The maximum absolute atomic E-state index is 11.8. The lowest BCUT2D eigenvalue weighted by Crippen LogP contribution is -2.02. The van der Waals surface area contributed by atoms with Crippen molar-refractivity contribution in [3.05, 3.63) is 27.7 Å². The Morgan fingerprint density at radius 1 is 1.43 bits per heavy atom. The fourth-order valence-electron chi connectivity index (χ4n) is 0.961. The number of alkyl halides is 1. The molecule has 1 aromatic rings. The second-order valence-electron chi connectivity index (χ2n) is 2.46. The zero-order valence-corrected chi connectivity index (χ0v) is 8.61. The molecule has 2 nitrogen and oxygen atoms in total. The van der Waals surface area contributed by atoms with E-state index in [2.05, 4.69) is 0 Å². The lowest BCUT2D eigenvalue weighted by molar-refractivity contribution is 0.111. The minimum Gasteiger partial charge on any atom is -0.489 e. The van der Waals surface area contributed by atoms with Crippen LogP contribution in [0, 0.1) is 0 Å². The highest BCUT2D eigenvalue weighted by Crippen LogP contribution is 2.31. The van der Waals surface area contributed by atoms with Crippen molar-refractivity contribution < 1.29 is 13.9 Å². The number of rotatable bonds is 4. The molecule has 0 saturated carbocycles. The molecule has 0 atom stereocenters. The van der Waals surface area contributed by atoms with Gasteiger partial charge < -0.3 is 4.74 Å². The van der Waals surface area contributed by atoms with Gasteiger partial charge in [0.15, 0.2) is 6.29 Å². The van der Waals surface area contributed by atoms with Crippen LogP contribution >= 0.6 is 23.2 Å². The first-order valence-electron chi connectivity index (χ1n) is 3.82. The van der Waals surface area contributed by atoms with E-state index in [9.17, 15) is 9.18 Å². The normalized spacial score (nSPS) is 9.93. The molecule has 0 heterocycles. The predicted octanol–water partition coefficient (Wildman–Crippen LogP) is 3.15. The summed E-state index contributed by atoms with van der Waals surface area (Å²) in [5.74, 6) is 0.170. The highest BCUT2D eigenvalue weighted by atomic mass is 35.5. The molecule has 0 spiro atoms. The molecule has 0 fully saturated rings. The Kier molecular flexibility index (Phi) is 4.17. The number of halogens is 3. The Labute approximate surface area is 90.6 Å². The number of carbonyl (C=O) groups is 1. The molecule has 0 saturated heterocycles. The van der Waals surface area contributed by atoms with Crippen LogP contribution in [0.3, 0.4) is 0 Å². The van der Waals surface area contributed by atoms with Gasteiger partial charge in [0.25, 0.3) is 0 Å². The number of aldehydes is 1. The Balaban J connectivity index is 3.05. The summed E-state index contributed by atoms with van der Waals surface area (Å²) in [7, 11) is 0. The van der Waals surface area contributed by atoms with Crippen LogP contribution in [0.15, 0.2) is 12.1 Å². The van der Waals surface area contributed by atoms with Crippen molar-refractivity contribution in [2.45, 2.75) is 0 Å². The van der Waals surface area contributed by atoms with Crippen molar-refractivity contribution in [3.8, 4) is 5.75 Å². The SMILES string of the molecule is O=Cc1cc(Cl)cc(Cl)c1OCCF. The standard InChI is InChI=1S/C9H7Cl2FO2/c10-7-3-6(5-13)9(8(11)4-7)14-2-1-12/h3-5H,1-2H2. The summed E-state index contributed by atoms with van der Waals surface area (Å²) < 4.78 is 16.8. The maximum Gasteiger partial charge on any atom is 0.153 e. The highest BCUT2D eigenvalue weighted by Gasteiger charge is 2.09. The monoisotopic (exact) mass is 236 g/mol. The molecule has 0 radical (unpaired) electrons. The molecule has 1 aromatic carbocycles. The summed E-state index contributed by atoms with van der Waals surface area (Å²) in [6.45, 7) is -0.778. The van der Waals surface area contributed by atoms with Crippen molar-refractivity contribution >= 4 is 29.5 Å².